The number of hydrogen-bond donors (Lipinski definition) is 3. The second-order valence-corrected chi connectivity index (χ2v) is 1.26. The van der Waals surface area contributed by atoms with Crippen molar-refractivity contribution in [3.05, 3.63) is 0 Å². The van der Waals surface area contributed by atoms with Gasteiger partial charge in [-0.25, -0.2) is 0 Å². The van der Waals surface area contributed by atoms with Crippen LogP contribution >= 0.6 is 24.8 Å². The van der Waals surface area contributed by atoms with Crippen LogP contribution in [0, 0.1) is 0 Å². The second-order valence-electron chi connectivity index (χ2n) is 1.26. The molecule has 0 saturated heterocycles. The maximum Gasteiger partial charge on any atom is 0.306 e. The molecule has 0 aliphatic heterocycles. The molecular formula is C3H10Cl2N2O2. The molecule has 4 nitrogen and oxygen atoms in total. The number of aliphatic carboxylic acids is 1. The van der Waals surface area contributed by atoms with Crippen LogP contribution in [0.15, 0.2) is 0 Å². The molecular weight excluding hydrogens is 167 g/mol. The van der Waals surface area contributed by atoms with E-state index in [-0.39, 0.29) is 31.2 Å². The Hall–Kier alpha value is -0.0300. The molecule has 0 bridgehead atoms. The highest BCUT2D eigenvalue weighted by molar-refractivity contribution is 5.85. The Morgan fingerprint density at radius 2 is 1.78 bits per heavy atom. The maximum absolute atomic E-state index is 9.65. The van der Waals surface area contributed by atoms with Gasteiger partial charge in [0.2, 0.25) is 0 Å². The van der Waals surface area contributed by atoms with E-state index in [1.165, 1.54) is 0 Å². The lowest BCUT2D eigenvalue weighted by atomic mass is 10.4. The summed E-state index contributed by atoms with van der Waals surface area (Å²) in [5, 5.41) is 7.92. The van der Waals surface area contributed by atoms with E-state index >= 15 is 0 Å². The summed E-state index contributed by atoms with van der Waals surface area (Å²) in [7, 11) is 0. The van der Waals surface area contributed by atoms with Crippen molar-refractivity contribution in [2.75, 3.05) is 0 Å². The molecule has 0 spiro atoms. The van der Waals surface area contributed by atoms with Crippen molar-refractivity contribution in [3.8, 4) is 0 Å². The third kappa shape index (κ3) is 18.0. The summed E-state index contributed by atoms with van der Waals surface area (Å²) in [6.07, 6.45) is -0.891. The van der Waals surface area contributed by atoms with Crippen LogP contribution in [0.5, 0.6) is 0 Å². The zero-order valence-electron chi connectivity index (χ0n) is 4.61. The molecule has 6 heteroatoms. The third-order valence-corrected chi connectivity index (χ3v) is 0.410. The van der Waals surface area contributed by atoms with Crippen LogP contribution < -0.4 is 11.5 Å². The van der Waals surface area contributed by atoms with Crippen LogP contribution in [0.1, 0.15) is 6.42 Å². The molecule has 0 atom stereocenters. The number of rotatable bonds is 2. The Morgan fingerprint density at radius 3 is 1.78 bits per heavy atom. The second kappa shape index (κ2) is 7.97. The maximum atomic E-state index is 9.65. The van der Waals surface area contributed by atoms with Gasteiger partial charge in [0.25, 0.3) is 0 Å². The molecule has 0 rings (SSSR count). The van der Waals surface area contributed by atoms with Gasteiger partial charge in [0.05, 0.1) is 12.6 Å². The molecule has 0 heterocycles. The fourth-order valence-corrected chi connectivity index (χ4v) is 0.202. The average molecular weight is 177 g/mol. The van der Waals surface area contributed by atoms with Gasteiger partial charge in [-0.2, -0.15) is 0 Å². The lowest BCUT2D eigenvalue weighted by Gasteiger charge is -1.95. The average Bonchev–Trinajstić information content (AvgIpc) is 1.27. The molecule has 0 saturated carbocycles. The van der Waals surface area contributed by atoms with E-state index in [9.17, 15) is 4.79 Å². The van der Waals surface area contributed by atoms with Gasteiger partial charge in [-0.3, -0.25) is 4.79 Å². The molecule has 0 fully saturated rings. The van der Waals surface area contributed by atoms with Gasteiger partial charge in [0.15, 0.2) is 0 Å². The number of carboxylic acid groups (broad SMARTS) is 1. The van der Waals surface area contributed by atoms with E-state index < -0.39 is 12.1 Å². The monoisotopic (exact) mass is 176 g/mol. The standard InChI is InChI=1S/C3H8N2O2.2ClH/c4-2(5)1-3(6)7;;/h2H,1,4-5H2,(H,6,7);2*1H. The Morgan fingerprint density at radius 1 is 1.44 bits per heavy atom. The van der Waals surface area contributed by atoms with Crippen molar-refractivity contribution in [1.82, 2.24) is 0 Å². The van der Waals surface area contributed by atoms with Gasteiger partial charge < -0.3 is 16.6 Å². The highest BCUT2D eigenvalue weighted by Crippen LogP contribution is 1.75. The molecule has 0 aliphatic carbocycles. The van der Waals surface area contributed by atoms with Crippen molar-refractivity contribution in [2.24, 2.45) is 11.5 Å². The SMILES string of the molecule is Cl.Cl.NC(N)CC(=O)O. The van der Waals surface area contributed by atoms with E-state index in [0.29, 0.717) is 0 Å². The normalized spacial score (nSPS) is 7.44. The number of halogens is 2. The van der Waals surface area contributed by atoms with Crippen LogP contribution in [-0.4, -0.2) is 17.2 Å². The Balaban J connectivity index is -0.000000180. The fraction of sp³-hybridized carbons (Fsp3) is 0.667. The minimum atomic E-state index is -0.963. The van der Waals surface area contributed by atoms with Crippen molar-refractivity contribution >= 4 is 30.8 Å². The Bertz CT molecular complexity index is 78.2. The summed E-state index contributed by atoms with van der Waals surface area (Å²) in [5.74, 6) is -0.963. The van der Waals surface area contributed by atoms with Crippen molar-refractivity contribution in [1.29, 1.82) is 0 Å². The van der Waals surface area contributed by atoms with Gasteiger partial charge in [-0.15, -0.1) is 24.8 Å². The van der Waals surface area contributed by atoms with E-state index in [2.05, 4.69) is 0 Å². The summed E-state index contributed by atoms with van der Waals surface area (Å²) in [4.78, 5) is 9.65. The van der Waals surface area contributed by atoms with Crippen LogP contribution in [0.2, 0.25) is 0 Å². The highest BCUT2D eigenvalue weighted by Gasteiger charge is 1.98. The van der Waals surface area contributed by atoms with Gasteiger partial charge >= 0.3 is 5.97 Å². The summed E-state index contributed by atoms with van der Waals surface area (Å²) in [5.41, 5.74) is 9.78. The zero-order valence-corrected chi connectivity index (χ0v) is 6.24. The lowest BCUT2D eigenvalue weighted by molar-refractivity contribution is -0.137. The van der Waals surface area contributed by atoms with Crippen LogP contribution in [-0.2, 0) is 4.79 Å². The van der Waals surface area contributed by atoms with Crippen molar-refractivity contribution < 1.29 is 9.90 Å². The van der Waals surface area contributed by atoms with E-state index in [0.717, 1.165) is 0 Å². The third-order valence-electron chi connectivity index (χ3n) is 0.410. The van der Waals surface area contributed by atoms with Crippen LogP contribution in [0.3, 0.4) is 0 Å². The molecule has 58 valence electrons. The molecule has 9 heavy (non-hydrogen) atoms. The molecule has 0 aromatic carbocycles. The van der Waals surface area contributed by atoms with E-state index in [1.807, 2.05) is 0 Å². The largest absolute Gasteiger partial charge is 0.481 e. The summed E-state index contributed by atoms with van der Waals surface area (Å²) in [6.45, 7) is 0. The first kappa shape index (κ1) is 16.0. The first-order chi connectivity index (χ1) is 3.13. The van der Waals surface area contributed by atoms with Gasteiger partial charge in [0, 0.05) is 0 Å². The van der Waals surface area contributed by atoms with E-state index in [4.69, 9.17) is 16.6 Å². The summed E-state index contributed by atoms with van der Waals surface area (Å²) < 4.78 is 0. The smallest absolute Gasteiger partial charge is 0.306 e. The number of carboxylic acids is 1. The molecule has 0 aromatic rings. The van der Waals surface area contributed by atoms with Crippen molar-refractivity contribution in [3.63, 3.8) is 0 Å². The van der Waals surface area contributed by atoms with Crippen LogP contribution in [0.4, 0.5) is 0 Å². The number of nitrogens with two attached hydrogens (primary N) is 2. The molecule has 0 aliphatic rings. The lowest BCUT2D eigenvalue weighted by Crippen LogP contribution is -2.32. The fourth-order valence-electron chi connectivity index (χ4n) is 0.202. The quantitative estimate of drug-likeness (QED) is 0.498. The number of carbonyl (C=O) groups is 1. The molecule has 0 aromatic heterocycles. The van der Waals surface area contributed by atoms with Gasteiger partial charge in [0.1, 0.15) is 0 Å². The predicted molar refractivity (Wildman–Crippen MR) is 38.9 cm³/mol. The Kier molecular flexibility index (Phi) is 14.2. The highest BCUT2D eigenvalue weighted by atomic mass is 35.5. The summed E-state index contributed by atoms with van der Waals surface area (Å²) in [6, 6.07) is 0. The van der Waals surface area contributed by atoms with E-state index in [1.54, 1.807) is 0 Å². The topological polar surface area (TPSA) is 89.3 Å². The van der Waals surface area contributed by atoms with Crippen LogP contribution in [0.25, 0.3) is 0 Å². The van der Waals surface area contributed by atoms with Crippen molar-refractivity contribution in [2.45, 2.75) is 12.6 Å². The molecule has 0 radical (unpaired) electrons. The zero-order chi connectivity index (χ0) is 5.86. The predicted octanol–water partition coefficient (Wildman–Crippen LogP) is -0.452. The first-order valence-electron chi connectivity index (χ1n) is 1.86. The van der Waals surface area contributed by atoms with Gasteiger partial charge in [-0.05, 0) is 0 Å². The summed E-state index contributed by atoms with van der Waals surface area (Å²) >= 11 is 0. The van der Waals surface area contributed by atoms with Gasteiger partial charge in [-0.1, -0.05) is 0 Å². The first-order valence-corrected chi connectivity index (χ1v) is 1.86. The number of hydrogen-bond acceptors (Lipinski definition) is 3. The molecule has 0 amide bonds. The minimum absolute atomic E-state index is 0. The Labute approximate surface area is 65.4 Å². The molecule has 0 unspecified atom stereocenters. The minimum Gasteiger partial charge on any atom is -0.481 e. The molecule has 5 N–H and O–H groups in total.